The summed E-state index contributed by atoms with van der Waals surface area (Å²) in [6, 6.07) is 10.9. The number of alkyl halides is 2. The normalized spacial score (nSPS) is 12.5. The number of nitrogens with zero attached hydrogens (tertiary/aromatic N) is 1. The van der Waals surface area contributed by atoms with Gasteiger partial charge in [0.05, 0.1) is 17.2 Å². The van der Waals surface area contributed by atoms with Crippen molar-refractivity contribution in [2.24, 2.45) is 0 Å². The van der Waals surface area contributed by atoms with Gasteiger partial charge in [-0.05, 0) is 54.3 Å². The van der Waals surface area contributed by atoms with E-state index < -0.39 is 17.5 Å². The molecule has 0 spiro atoms. The van der Waals surface area contributed by atoms with Gasteiger partial charge in [-0.25, -0.2) is 4.39 Å². The van der Waals surface area contributed by atoms with E-state index in [1.54, 1.807) is 0 Å². The van der Waals surface area contributed by atoms with E-state index in [9.17, 15) is 13.2 Å². The average Bonchev–Trinajstić information content (AvgIpc) is 2.59. The summed E-state index contributed by atoms with van der Waals surface area (Å²) in [7, 11) is 0. The van der Waals surface area contributed by atoms with E-state index in [1.807, 2.05) is 13.0 Å². The Bertz CT molecular complexity index is 751. The number of benzene rings is 2. The van der Waals surface area contributed by atoms with Gasteiger partial charge in [-0.2, -0.15) is 14.0 Å². The molecule has 0 heterocycles. The van der Waals surface area contributed by atoms with Crippen molar-refractivity contribution in [2.45, 2.75) is 45.1 Å². The van der Waals surface area contributed by atoms with Crippen LogP contribution in [0.5, 0.6) is 5.75 Å². The Morgan fingerprint density at radius 1 is 1.16 bits per heavy atom. The van der Waals surface area contributed by atoms with E-state index >= 15 is 0 Å². The van der Waals surface area contributed by atoms with E-state index in [-0.39, 0.29) is 11.7 Å². The third-order valence-electron chi connectivity index (χ3n) is 4.10. The van der Waals surface area contributed by atoms with Gasteiger partial charge in [0.2, 0.25) is 0 Å². The fourth-order valence-corrected chi connectivity index (χ4v) is 2.55. The summed E-state index contributed by atoms with van der Waals surface area (Å²) in [5.74, 6) is -1.01. The molecule has 0 aliphatic rings. The highest BCUT2D eigenvalue weighted by Crippen LogP contribution is 2.34. The molecule has 2 nitrogen and oxygen atoms in total. The Balaban J connectivity index is 2.19. The molecule has 132 valence electrons. The first-order chi connectivity index (χ1) is 11.9. The Kier molecular flexibility index (Phi) is 6.08. The van der Waals surface area contributed by atoms with Gasteiger partial charge in [0, 0.05) is 0 Å². The first-order valence-corrected chi connectivity index (χ1v) is 8.24. The summed E-state index contributed by atoms with van der Waals surface area (Å²) in [5, 5.41) is 8.71. The molecule has 5 heteroatoms. The number of nitriles is 1. The van der Waals surface area contributed by atoms with Crippen LogP contribution in [0.25, 0.3) is 0 Å². The van der Waals surface area contributed by atoms with Gasteiger partial charge in [0.15, 0.2) is 0 Å². The second kappa shape index (κ2) is 8.06. The molecule has 0 aliphatic carbocycles. The fourth-order valence-electron chi connectivity index (χ4n) is 2.55. The van der Waals surface area contributed by atoms with Crippen molar-refractivity contribution in [1.82, 2.24) is 0 Å². The van der Waals surface area contributed by atoms with Gasteiger partial charge >= 0.3 is 6.11 Å². The van der Waals surface area contributed by atoms with Crippen molar-refractivity contribution in [1.29, 1.82) is 5.26 Å². The lowest BCUT2D eigenvalue weighted by molar-refractivity contribution is -0.187. The zero-order chi connectivity index (χ0) is 18.4. The molecule has 0 saturated heterocycles. The highest BCUT2D eigenvalue weighted by molar-refractivity contribution is 5.35. The number of hydrogen-bond acceptors (Lipinski definition) is 2. The van der Waals surface area contributed by atoms with Crippen molar-refractivity contribution in [3.8, 4) is 11.8 Å². The number of hydrogen-bond donors (Lipinski definition) is 0. The third-order valence-corrected chi connectivity index (χ3v) is 4.10. The van der Waals surface area contributed by atoms with Crippen LogP contribution in [0.3, 0.4) is 0 Å². The predicted octanol–water partition coefficient (Wildman–Crippen LogP) is 6.12. The van der Waals surface area contributed by atoms with Gasteiger partial charge in [0.1, 0.15) is 11.6 Å². The summed E-state index contributed by atoms with van der Waals surface area (Å²) in [6.07, 6.45) is -0.888. The predicted molar refractivity (Wildman–Crippen MR) is 90.0 cm³/mol. The SMILES string of the molecule is CCCCC(C)c1ccc(C(F)(F)Oc2ccc(C#N)cc2)c(F)c1. The molecule has 1 atom stereocenters. The molecule has 0 aromatic heterocycles. The van der Waals surface area contributed by atoms with E-state index in [0.29, 0.717) is 11.1 Å². The number of rotatable bonds is 7. The highest BCUT2D eigenvalue weighted by atomic mass is 19.3. The van der Waals surface area contributed by atoms with Crippen molar-refractivity contribution in [3.05, 3.63) is 65.0 Å². The van der Waals surface area contributed by atoms with Crippen LogP contribution in [-0.2, 0) is 6.11 Å². The van der Waals surface area contributed by atoms with Gasteiger partial charge in [-0.1, -0.05) is 32.8 Å². The smallest absolute Gasteiger partial charge is 0.429 e. The van der Waals surface area contributed by atoms with Crippen LogP contribution < -0.4 is 4.74 Å². The van der Waals surface area contributed by atoms with Crippen molar-refractivity contribution in [2.75, 3.05) is 0 Å². The van der Waals surface area contributed by atoms with Crippen molar-refractivity contribution >= 4 is 0 Å². The molecule has 0 amide bonds. The Labute approximate surface area is 145 Å². The van der Waals surface area contributed by atoms with Crippen LogP contribution in [0.2, 0.25) is 0 Å². The van der Waals surface area contributed by atoms with E-state index in [2.05, 4.69) is 11.7 Å². The minimum atomic E-state index is -3.80. The lowest BCUT2D eigenvalue weighted by atomic mass is 9.94. The lowest BCUT2D eigenvalue weighted by Gasteiger charge is -2.20. The number of ether oxygens (including phenoxy) is 1. The second-order valence-electron chi connectivity index (χ2n) is 6.04. The van der Waals surface area contributed by atoms with E-state index in [4.69, 9.17) is 5.26 Å². The largest absolute Gasteiger partial charge is 0.429 e. The summed E-state index contributed by atoms with van der Waals surface area (Å²) in [5.41, 5.74) is 0.222. The third kappa shape index (κ3) is 4.76. The first-order valence-electron chi connectivity index (χ1n) is 8.24. The van der Waals surface area contributed by atoms with Crippen LogP contribution >= 0.6 is 0 Å². The molecule has 0 fully saturated rings. The van der Waals surface area contributed by atoms with Crippen LogP contribution in [0.4, 0.5) is 13.2 Å². The van der Waals surface area contributed by atoms with Crippen LogP contribution in [0, 0.1) is 17.1 Å². The fraction of sp³-hybridized carbons (Fsp3) is 0.350. The van der Waals surface area contributed by atoms with Gasteiger partial charge in [-0.3, -0.25) is 0 Å². The van der Waals surface area contributed by atoms with Crippen LogP contribution in [0.1, 0.15) is 55.7 Å². The van der Waals surface area contributed by atoms with Crippen LogP contribution in [-0.4, -0.2) is 0 Å². The monoisotopic (exact) mass is 347 g/mol. The van der Waals surface area contributed by atoms with Crippen LogP contribution in [0.15, 0.2) is 42.5 Å². The molecule has 0 N–H and O–H groups in total. The van der Waals surface area contributed by atoms with E-state index in [1.165, 1.54) is 30.3 Å². The molecular formula is C20H20F3NO. The number of halogens is 3. The Morgan fingerprint density at radius 2 is 1.84 bits per heavy atom. The summed E-state index contributed by atoms with van der Waals surface area (Å²) in [4.78, 5) is 0. The minimum absolute atomic E-state index is 0.108. The molecule has 0 saturated carbocycles. The first kappa shape index (κ1) is 18.9. The van der Waals surface area contributed by atoms with Gasteiger partial charge in [0.25, 0.3) is 0 Å². The minimum Gasteiger partial charge on any atom is -0.429 e. The van der Waals surface area contributed by atoms with Gasteiger partial charge < -0.3 is 4.74 Å². The van der Waals surface area contributed by atoms with E-state index in [0.717, 1.165) is 31.4 Å². The van der Waals surface area contributed by atoms with Gasteiger partial charge in [-0.15, -0.1) is 0 Å². The summed E-state index contributed by atoms with van der Waals surface area (Å²) >= 11 is 0. The topological polar surface area (TPSA) is 33.0 Å². The molecule has 25 heavy (non-hydrogen) atoms. The highest BCUT2D eigenvalue weighted by Gasteiger charge is 2.37. The Morgan fingerprint density at radius 3 is 2.40 bits per heavy atom. The summed E-state index contributed by atoms with van der Waals surface area (Å²) < 4.78 is 47.5. The standard InChI is InChI=1S/C20H20F3NO/c1-3-4-5-14(2)16-8-11-18(19(21)12-16)20(22,23)25-17-9-6-15(13-24)7-10-17/h6-12,14H,3-5H2,1-2H3. The number of unbranched alkanes of at least 4 members (excludes halogenated alkanes) is 1. The average molecular weight is 347 g/mol. The molecule has 2 rings (SSSR count). The maximum absolute atomic E-state index is 14.3. The quantitative estimate of drug-likeness (QED) is 0.604. The zero-order valence-electron chi connectivity index (χ0n) is 14.2. The maximum atomic E-state index is 14.3. The molecule has 2 aromatic rings. The maximum Gasteiger partial charge on any atom is 0.429 e. The van der Waals surface area contributed by atoms with Crippen molar-refractivity contribution in [3.63, 3.8) is 0 Å². The summed E-state index contributed by atoms with van der Waals surface area (Å²) in [6.45, 7) is 4.02. The second-order valence-corrected chi connectivity index (χ2v) is 6.04. The molecule has 2 aromatic carbocycles. The molecule has 0 bridgehead atoms. The molecule has 0 aliphatic heterocycles. The molecule has 0 radical (unpaired) electrons. The zero-order valence-corrected chi connectivity index (χ0v) is 14.2. The molecular weight excluding hydrogens is 327 g/mol. The Hall–Kier alpha value is -2.48. The molecule has 1 unspecified atom stereocenters. The lowest BCUT2D eigenvalue weighted by Crippen LogP contribution is -2.23. The van der Waals surface area contributed by atoms with Crippen molar-refractivity contribution < 1.29 is 17.9 Å².